The molecule has 0 aliphatic carbocycles. The number of benzene rings is 4. The lowest BCUT2D eigenvalue weighted by Gasteiger charge is -2.34. The highest BCUT2D eigenvalue weighted by Crippen LogP contribution is 2.43. The molecule has 0 N–H and O–H groups in total. The molecule has 3 atom stereocenters. The van der Waals surface area contributed by atoms with Gasteiger partial charge in [-0.3, -0.25) is 0 Å². The van der Waals surface area contributed by atoms with Gasteiger partial charge < -0.3 is 4.74 Å². The van der Waals surface area contributed by atoms with Crippen LogP contribution in [0, 0.1) is 0 Å². The Kier molecular flexibility index (Phi) is 7.57. The topological polar surface area (TPSA) is 9.23 Å². The maximum Gasteiger partial charge on any atom is 0.0877 e. The maximum atomic E-state index is 6.16. The van der Waals surface area contributed by atoms with Crippen LogP contribution < -0.4 is 0 Å². The van der Waals surface area contributed by atoms with E-state index in [4.69, 9.17) is 4.74 Å². The smallest absolute Gasteiger partial charge is 0.0877 e. The zero-order chi connectivity index (χ0) is 25.0. The second-order valence-corrected chi connectivity index (χ2v) is 10.2. The Morgan fingerprint density at radius 3 is 1.20 bits per heavy atom. The molecule has 1 heteroatoms. The molecule has 0 saturated carbocycles. The zero-order valence-electron chi connectivity index (χ0n) is 22.0. The molecule has 0 saturated heterocycles. The van der Waals surface area contributed by atoms with Gasteiger partial charge in [-0.2, -0.15) is 0 Å². The molecule has 35 heavy (non-hydrogen) atoms. The van der Waals surface area contributed by atoms with Crippen LogP contribution in [0.3, 0.4) is 0 Å². The summed E-state index contributed by atoms with van der Waals surface area (Å²) in [6.07, 6.45) is 0. The predicted octanol–water partition coefficient (Wildman–Crippen LogP) is 9.02. The van der Waals surface area contributed by atoms with E-state index in [1.807, 2.05) is 7.11 Å². The van der Waals surface area contributed by atoms with E-state index in [0.717, 1.165) is 0 Å². The highest BCUT2D eigenvalue weighted by Gasteiger charge is 2.32. The number of ether oxygens (including phenoxy) is 1. The average Bonchev–Trinajstić information content (AvgIpc) is 2.92. The molecule has 4 aromatic rings. The van der Waals surface area contributed by atoms with E-state index in [-0.39, 0.29) is 11.8 Å². The number of methoxy groups -OCH3 is 1. The molecule has 0 aliphatic rings. The van der Waals surface area contributed by atoms with Gasteiger partial charge in [-0.05, 0) is 52.8 Å². The van der Waals surface area contributed by atoms with Crippen molar-refractivity contribution in [2.45, 2.75) is 58.0 Å². The molecule has 0 aliphatic heterocycles. The maximum absolute atomic E-state index is 6.16. The van der Waals surface area contributed by atoms with Gasteiger partial charge >= 0.3 is 0 Å². The Bertz CT molecular complexity index is 1160. The first-order valence-electron chi connectivity index (χ1n) is 12.7. The van der Waals surface area contributed by atoms with Gasteiger partial charge in [0.2, 0.25) is 0 Å². The highest BCUT2D eigenvalue weighted by atomic mass is 16.5. The molecule has 4 aromatic carbocycles. The summed E-state index contributed by atoms with van der Waals surface area (Å²) in [4.78, 5) is 0. The molecule has 3 unspecified atom stereocenters. The molecule has 0 bridgehead atoms. The Balaban J connectivity index is 2.00. The summed E-state index contributed by atoms with van der Waals surface area (Å²) >= 11 is 0. The minimum atomic E-state index is -0.425. The minimum Gasteiger partial charge on any atom is -0.374 e. The molecule has 0 spiro atoms. The second kappa shape index (κ2) is 10.6. The highest BCUT2D eigenvalue weighted by molar-refractivity contribution is 5.52. The average molecular weight is 463 g/mol. The minimum absolute atomic E-state index is 0.241. The fraction of sp³-hybridized carbons (Fsp3) is 0.294. The van der Waals surface area contributed by atoms with Crippen LogP contribution in [0.2, 0.25) is 0 Å². The Labute approximate surface area is 211 Å². The molecule has 0 aromatic heterocycles. The van der Waals surface area contributed by atoms with Gasteiger partial charge in [0, 0.05) is 24.9 Å². The number of rotatable bonds is 8. The third kappa shape index (κ3) is 5.26. The molecule has 0 amide bonds. The van der Waals surface area contributed by atoms with Crippen molar-refractivity contribution in [3.05, 3.63) is 142 Å². The van der Waals surface area contributed by atoms with Crippen LogP contribution in [0.5, 0.6) is 0 Å². The van der Waals surface area contributed by atoms with Crippen LogP contribution in [0.4, 0.5) is 0 Å². The van der Waals surface area contributed by atoms with Gasteiger partial charge in [-0.1, -0.05) is 124 Å². The Morgan fingerprint density at radius 2 is 0.857 bits per heavy atom. The molecular formula is C34H38O. The van der Waals surface area contributed by atoms with Crippen LogP contribution in [0.1, 0.15) is 91.3 Å². The third-order valence-electron chi connectivity index (χ3n) is 7.67. The quantitative estimate of drug-likeness (QED) is 0.254. The van der Waals surface area contributed by atoms with Crippen LogP contribution in [-0.2, 0) is 10.3 Å². The summed E-state index contributed by atoms with van der Waals surface area (Å²) in [5, 5.41) is 0. The summed E-state index contributed by atoms with van der Waals surface area (Å²) in [5.74, 6) is 0.773. The lowest BCUT2D eigenvalue weighted by Crippen LogP contribution is -2.26. The lowest BCUT2D eigenvalue weighted by atomic mass is 9.74. The normalized spacial score (nSPS) is 14.3. The first-order valence-corrected chi connectivity index (χ1v) is 12.7. The van der Waals surface area contributed by atoms with Crippen LogP contribution in [0.15, 0.2) is 103 Å². The van der Waals surface area contributed by atoms with E-state index in [9.17, 15) is 0 Å². The van der Waals surface area contributed by atoms with Crippen molar-refractivity contribution in [2.75, 3.05) is 7.11 Å². The van der Waals surface area contributed by atoms with Gasteiger partial charge in [-0.15, -0.1) is 0 Å². The van der Waals surface area contributed by atoms with Gasteiger partial charge in [0.1, 0.15) is 0 Å². The van der Waals surface area contributed by atoms with Crippen LogP contribution in [0.25, 0.3) is 0 Å². The molecule has 4 rings (SSSR count). The van der Waals surface area contributed by atoms with Gasteiger partial charge in [0.25, 0.3) is 0 Å². The predicted molar refractivity (Wildman–Crippen MR) is 148 cm³/mol. The molecule has 0 fully saturated rings. The standard InChI is InChI=1S/C34H38O/c1-24(27-16-10-7-11-17-27)30-22-31(25(2)28-18-12-8-13-19-28)33(34(4,5)35-6)32(23-30)26(3)29-20-14-9-15-21-29/h7-26H,1-6H3. The lowest BCUT2D eigenvalue weighted by molar-refractivity contribution is 0.0174. The van der Waals surface area contributed by atoms with Crippen molar-refractivity contribution in [3.8, 4) is 0 Å². The van der Waals surface area contributed by atoms with Crippen LogP contribution >= 0.6 is 0 Å². The monoisotopic (exact) mass is 462 g/mol. The van der Waals surface area contributed by atoms with E-state index in [2.05, 4.69) is 138 Å². The largest absolute Gasteiger partial charge is 0.374 e. The second-order valence-electron chi connectivity index (χ2n) is 10.2. The first kappa shape index (κ1) is 24.9. The zero-order valence-corrected chi connectivity index (χ0v) is 22.0. The molecule has 1 nitrogen and oxygen atoms in total. The van der Waals surface area contributed by atoms with Gasteiger partial charge in [0.15, 0.2) is 0 Å². The van der Waals surface area contributed by atoms with Crippen molar-refractivity contribution in [1.82, 2.24) is 0 Å². The summed E-state index contributed by atoms with van der Waals surface area (Å²) < 4.78 is 6.16. The van der Waals surface area contributed by atoms with Crippen molar-refractivity contribution in [2.24, 2.45) is 0 Å². The summed E-state index contributed by atoms with van der Waals surface area (Å²) in [5.41, 5.74) is 8.90. The van der Waals surface area contributed by atoms with Gasteiger partial charge in [-0.25, -0.2) is 0 Å². The van der Waals surface area contributed by atoms with Crippen molar-refractivity contribution in [3.63, 3.8) is 0 Å². The fourth-order valence-electron chi connectivity index (χ4n) is 5.22. The molecular weight excluding hydrogens is 424 g/mol. The molecule has 0 radical (unpaired) electrons. The van der Waals surface area contributed by atoms with Crippen molar-refractivity contribution >= 4 is 0 Å². The summed E-state index contributed by atoms with van der Waals surface area (Å²) in [6, 6.07) is 37.4. The van der Waals surface area contributed by atoms with E-state index < -0.39 is 5.60 Å². The summed E-state index contributed by atoms with van der Waals surface area (Å²) in [7, 11) is 1.83. The SMILES string of the molecule is COC(C)(C)c1c(C(C)c2ccccc2)cc(C(C)c2ccccc2)cc1C(C)c1ccccc1. The van der Waals surface area contributed by atoms with Crippen molar-refractivity contribution in [1.29, 1.82) is 0 Å². The molecule has 180 valence electrons. The van der Waals surface area contributed by atoms with Gasteiger partial charge in [0.05, 0.1) is 5.60 Å². The number of hydrogen-bond donors (Lipinski definition) is 0. The Hall–Kier alpha value is -3.16. The first-order chi connectivity index (χ1) is 16.8. The fourth-order valence-corrected chi connectivity index (χ4v) is 5.22. The van der Waals surface area contributed by atoms with E-state index in [1.165, 1.54) is 38.9 Å². The van der Waals surface area contributed by atoms with Crippen molar-refractivity contribution < 1.29 is 4.74 Å². The van der Waals surface area contributed by atoms with E-state index in [0.29, 0.717) is 5.92 Å². The van der Waals surface area contributed by atoms with Crippen LogP contribution in [-0.4, -0.2) is 7.11 Å². The number of hydrogen-bond acceptors (Lipinski definition) is 1. The molecule has 0 heterocycles. The Morgan fingerprint density at radius 1 is 0.514 bits per heavy atom. The van der Waals surface area contributed by atoms with E-state index in [1.54, 1.807) is 0 Å². The van der Waals surface area contributed by atoms with E-state index >= 15 is 0 Å². The summed E-state index contributed by atoms with van der Waals surface area (Å²) in [6.45, 7) is 11.4. The third-order valence-corrected chi connectivity index (χ3v) is 7.67.